The number of nitrogens with zero attached hydrogens (tertiary/aromatic N) is 4. The molecule has 1 aromatic heterocycles. The number of methoxy groups -OCH3 is 1. The maximum atomic E-state index is 12.0. The van der Waals surface area contributed by atoms with Gasteiger partial charge < -0.3 is 14.8 Å². The fraction of sp³-hybridized carbons (Fsp3) is 0.176. The number of aryl methyl sites for hydroxylation is 1. The van der Waals surface area contributed by atoms with Crippen LogP contribution in [-0.4, -0.2) is 39.4 Å². The van der Waals surface area contributed by atoms with E-state index in [0.29, 0.717) is 22.9 Å². The van der Waals surface area contributed by atoms with Crippen molar-refractivity contribution >= 4 is 11.6 Å². The Bertz CT molecular complexity index is 962. The van der Waals surface area contributed by atoms with Gasteiger partial charge in [0.1, 0.15) is 0 Å². The van der Waals surface area contributed by atoms with Gasteiger partial charge in [-0.2, -0.15) is 9.36 Å². The summed E-state index contributed by atoms with van der Waals surface area (Å²) in [5, 5.41) is 10.1. The van der Waals surface area contributed by atoms with Gasteiger partial charge in [0.25, 0.3) is 5.91 Å². The van der Waals surface area contributed by atoms with Gasteiger partial charge in [0.15, 0.2) is 18.1 Å². The number of para-hydroxylation sites is 2. The molecule has 1 N–H and O–H groups in total. The lowest BCUT2D eigenvalue weighted by Gasteiger charge is -2.10. The average Bonchev–Trinajstić information content (AvgIpc) is 3.00. The third-order valence-corrected chi connectivity index (χ3v) is 3.55. The zero-order valence-corrected chi connectivity index (χ0v) is 14.2. The first kappa shape index (κ1) is 17.2. The second-order valence-corrected chi connectivity index (χ2v) is 5.33. The SMILES string of the molecule is COc1ccccc1OCC(=O)Nc1ccc(-n2nnn(C)c2=O)cc1. The number of tetrazole rings is 1. The predicted molar refractivity (Wildman–Crippen MR) is 93.7 cm³/mol. The molecule has 0 radical (unpaired) electrons. The summed E-state index contributed by atoms with van der Waals surface area (Å²) in [5.41, 5.74) is 0.762. The van der Waals surface area contributed by atoms with E-state index in [9.17, 15) is 9.59 Å². The number of aromatic nitrogens is 4. The highest BCUT2D eigenvalue weighted by Crippen LogP contribution is 2.25. The molecule has 1 amide bonds. The molecule has 0 aliphatic rings. The Kier molecular flexibility index (Phi) is 4.97. The molecule has 26 heavy (non-hydrogen) atoms. The van der Waals surface area contributed by atoms with E-state index in [1.165, 1.54) is 14.2 Å². The zero-order chi connectivity index (χ0) is 18.5. The van der Waals surface area contributed by atoms with Crippen LogP contribution in [0.15, 0.2) is 53.3 Å². The van der Waals surface area contributed by atoms with Crippen LogP contribution >= 0.6 is 0 Å². The Hall–Kier alpha value is -3.62. The molecule has 0 fully saturated rings. The van der Waals surface area contributed by atoms with Crippen LogP contribution in [0.2, 0.25) is 0 Å². The van der Waals surface area contributed by atoms with Crippen LogP contribution in [0.4, 0.5) is 5.69 Å². The number of nitrogens with one attached hydrogen (secondary N) is 1. The van der Waals surface area contributed by atoms with Crippen molar-refractivity contribution < 1.29 is 14.3 Å². The van der Waals surface area contributed by atoms with Crippen LogP contribution in [0.3, 0.4) is 0 Å². The molecule has 0 aliphatic carbocycles. The predicted octanol–water partition coefficient (Wildman–Crippen LogP) is 0.992. The minimum absolute atomic E-state index is 0.161. The number of ether oxygens (including phenoxy) is 2. The summed E-state index contributed by atoms with van der Waals surface area (Å²) in [6, 6.07) is 13.7. The van der Waals surface area contributed by atoms with E-state index in [1.807, 2.05) is 6.07 Å². The van der Waals surface area contributed by atoms with Crippen LogP contribution in [0.25, 0.3) is 5.69 Å². The molecular weight excluding hydrogens is 338 g/mol. The summed E-state index contributed by atoms with van der Waals surface area (Å²) >= 11 is 0. The second-order valence-electron chi connectivity index (χ2n) is 5.33. The van der Waals surface area contributed by atoms with Crippen molar-refractivity contribution in [2.75, 3.05) is 19.0 Å². The van der Waals surface area contributed by atoms with Gasteiger partial charge >= 0.3 is 5.69 Å². The van der Waals surface area contributed by atoms with Gasteiger partial charge in [-0.25, -0.2) is 4.79 Å². The lowest BCUT2D eigenvalue weighted by molar-refractivity contribution is -0.118. The number of amides is 1. The van der Waals surface area contributed by atoms with Crippen molar-refractivity contribution in [3.05, 3.63) is 59.0 Å². The molecule has 0 saturated carbocycles. The topological polar surface area (TPSA) is 100 Å². The highest BCUT2D eigenvalue weighted by molar-refractivity contribution is 5.92. The van der Waals surface area contributed by atoms with E-state index < -0.39 is 0 Å². The number of rotatable bonds is 6. The molecule has 9 nitrogen and oxygen atoms in total. The van der Waals surface area contributed by atoms with Gasteiger partial charge in [-0.15, -0.1) is 0 Å². The molecule has 2 aromatic carbocycles. The van der Waals surface area contributed by atoms with Crippen molar-refractivity contribution in [3.63, 3.8) is 0 Å². The summed E-state index contributed by atoms with van der Waals surface area (Å²) in [4.78, 5) is 23.8. The first-order valence-electron chi connectivity index (χ1n) is 7.73. The van der Waals surface area contributed by atoms with Crippen LogP contribution in [0.1, 0.15) is 0 Å². The minimum Gasteiger partial charge on any atom is -0.493 e. The molecule has 0 atom stereocenters. The van der Waals surface area contributed by atoms with Gasteiger partial charge in [0.05, 0.1) is 12.8 Å². The van der Waals surface area contributed by atoms with Gasteiger partial charge in [-0.3, -0.25) is 4.79 Å². The maximum Gasteiger partial charge on any atom is 0.368 e. The molecule has 3 rings (SSSR count). The maximum absolute atomic E-state index is 12.0. The van der Waals surface area contributed by atoms with Crippen molar-refractivity contribution in [2.45, 2.75) is 0 Å². The summed E-state index contributed by atoms with van der Waals surface area (Å²) in [5.74, 6) is 0.724. The Morgan fingerprint density at radius 1 is 1.08 bits per heavy atom. The van der Waals surface area contributed by atoms with Crippen LogP contribution in [0, 0.1) is 0 Å². The first-order valence-corrected chi connectivity index (χ1v) is 7.73. The van der Waals surface area contributed by atoms with Crippen molar-refractivity contribution in [2.24, 2.45) is 7.05 Å². The van der Waals surface area contributed by atoms with Gasteiger partial charge in [0.2, 0.25) is 0 Å². The summed E-state index contributed by atoms with van der Waals surface area (Å²) < 4.78 is 12.9. The molecule has 0 unspecified atom stereocenters. The summed E-state index contributed by atoms with van der Waals surface area (Å²) in [6.45, 7) is -0.161. The smallest absolute Gasteiger partial charge is 0.368 e. The minimum atomic E-state index is -0.355. The molecule has 0 bridgehead atoms. The van der Waals surface area contributed by atoms with E-state index in [4.69, 9.17) is 9.47 Å². The Morgan fingerprint density at radius 3 is 2.38 bits per heavy atom. The first-order chi connectivity index (χ1) is 12.6. The molecule has 1 heterocycles. The fourth-order valence-electron chi connectivity index (χ4n) is 2.24. The molecule has 0 saturated heterocycles. The number of anilines is 1. The number of hydrogen-bond donors (Lipinski definition) is 1. The van der Waals surface area contributed by atoms with E-state index in [1.54, 1.807) is 42.5 Å². The molecule has 9 heteroatoms. The average molecular weight is 355 g/mol. The molecule has 134 valence electrons. The number of carbonyl (C=O) groups is 1. The molecule has 0 spiro atoms. The Morgan fingerprint density at radius 2 is 1.77 bits per heavy atom. The van der Waals surface area contributed by atoms with Crippen LogP contribution in [-0.2, 0) is 11.8 Å². The molecule has 3 aromatic rings. The number of benzene rings is 2. The summed E-state index contributed by atoms with van der Waals surface area (Å²) in [7, 11) is 3.05. The van der Waals surface area contributed by atoms with Gasteiger partial charge in [0, 0.05) is 12.7 Å². The van der Waals surface area contributed by atoms with Crippen LogP contribution in [0.5, 0.6) is 11.5 Å². The standard InChI is InChI=1S/C17H17N5O4/c1-21-17(24)22(20-19-21)13-9-7-12(8-10-13)18-16(23)11-26-15-6-4-3-5-14(15)25-2/h3-10H,11H2,1-2H3,(H,18,23). The quantitative estimate of drug-likeness (QED) is 0.708. The lowest BCUT2D eigenvalue weighted by Crippen LogP contribution is -2.22. The summed E-state index contributed by atoms with van der Waals surface area (Å²) in [6.07, 6.45) is 0. The van der Waals surface area contributed by atoms with Crippen molar-refractivity contribution in [1.29, 1.82) is 0 Å². The third kappa shape index (κ3) is 3.72. The van der Waals surface area contributed by atoms with Gasteiger partial charge in [-0.1, -0.05) is 12.1 Å². The largest absolute Gasteiger partial charge is 0.493 e. The molecular formula is C17H17N5O4. The molecule has 0 aliphatic heterocycles. The number of hydrogen-bond acceptors (Lipinski definition) is 6. The van der Waals surface area contributed by atoms with E-state index >= 15 is 0 Å². The number of carbonyl (C=O) groups excluding carboxylic acids is 1. The normalized spacial score (nSPS) is 10.4. The lowest BCUT2D eigenvalue weighted by atomic mass is 10.3. The van der Waals surface area contributed by atoms with E-state index in [2.05, 4.69) is 15.7 Å². The Balaban J connectivity index is 1.61. The van der Waals surface area contributed by atoms with E-state index in [0.717, 1.165) is 9.36 Å². The highest BCUT2D eigenvalue weighted by atomic mass is 16.5. The van der Waals surface area contributed by atoms with Crippen molar-refractivity contribution in [3.8, 4) is 17.2 Å². The van der Waals surface area contributed by atoms with E-state index in [-0.39, 0.29) is 18.2 Å². The van der Waals surface area contributed by atoms with Gasteiger partial charge in [-0.05, 0) is 46.8 Å². The van der Waals surface area contributed by atoms with Crippen LogP contribution < -0.4 is 20.5 Å². The Labute approximate surface area is 148 Å². The second kappa shape index (κ2) is 7.51. The third-order valence-electron chi connectivity index (χ3n) is 3.55. The monoisotopic (exact) mass is 355 g/mol. The zero-order valence-electron chi connectivity index (χ0n) is 14.2. The highest BCUT2D eigenvalue weighted by Gasteiger charge is 2.09. The van der Waals surface area contributed by atoms with Crippen molar-refractivity contribution in [1.82, 2.24) is 19.8 Å². The fourth-order valence-corrected chi connectivity index (χ4v) is 2.24.